The van der Waals surface area contributed by atoms with E-state index in [0.717, 1.165) is 0 Å². The molecule has 7 heteroatoms. The van der Waals surface area contributed by atoms with E-state index in [2.05, 4.69) is 21.1 Å². The Bertz CT molecular complexity index is 204. The molecule has 1 aliphatic heterocycles. The number of amides is 4. The Morgan fingerprint density at radius 3 is 2.91 bits per heavy atom. The van der Waals surface area contributed by atoms with Crippen molar-refractivity contribution in [2.45, 2.75) is 6.17 Å². The number of nitrogens with one attached hydrogen (secondary N) is 3. The quantitative estimate of drug-likeness (QED) is 0.431. The molecule has 11 heavy (non-hydrogen) atoms. The standard InChI is InChI=1S/C4H6N4O3/c9-3-5-1-2(6-3)7-4(10)8-11/h2H,1H2,(H,7,10)(H2,5,6,9). The molecule has 0 aromatic rings. The normalized spacial score (nSPS) is 21.8. The molecule has 4 amide bonds. The second-order valence-corrected chi connectivity index (χ2v) is 1.95. The van der Waals surface area contributed by atoms with E-state index in [1.54, 1.807) is 0 Å². The number of nitrogens with zero attached hydrogens (tertiary/aromatic N) is 1. The lowest BCUT2D eigenvalue weighted by atomic mass is 10.5. The van der Waals surface area contributed by atoms with Crippen LogP contribution in [-0.4, -0.2) is 24.8 Å². The Hall–Kier alpha value is -1.66. The molecule has 0 radical (unpaired) electrons. The first-order valence-corrected chi connectivity index (χ1v) is 2.90. The van der Waals surface area contributed by atoms with E-state index in [1.807, 2.05) is 0 Å². The summed E-state index contributed by atoms with van der Waals surface area (Å²) in [5.41, 5.74) is 0. The van der Waals surface area contributed by atoms with Crippen molar-refractivity contribution in [3.63, 3.8) is 0 Å². The first kappa shape index (κ1) is 7.45. The van der Waals surface area contributed by atoms with Crippen molar-refractivity contribution in [1.82, 2.24) is 16.0 Å². The van der Waals surface area contributed by atoms with Gasteiger partial charge in [0.2, 0.25) is 0 Å². The Balaban J connectivity index is 2.33. The smallest absolute Gasteiger partial charge is 0.334 e. The number of nitroso groups, excluding NO2 is 1. The first-order chi connectivity index (χ1) is 5.22. The van der Waals surface area contributed by atoms with Crippen LogP contribution in [0.4, 0.5) is 9.59 Å². The minimum atomic E-state index is -0.987. The Kier molecular flexibility index (Phi) is 2.00. The monoisotopic (exact) mass is 158 g/mol. The Morgan fingerprint density at radius 1 is 1.73 bits per heavy atom. The summed E-state index contributed by atoms with van der Waals surface area (Å²) in [5.74, 6) is 0. The van der Waals surface area contributed by atoms with E-state index in [1.165, 1.54) is 0 Å². The molecule has 7 nitrogen and oxygen atoms in total. The molecule has 1 fully saturated rings. The highest BCUT2D eigenvalue weighted by molar-refractivity contribution is 5.79. The van der Waals surface area contributed by atoms with Gasteiger partial charge in [0.15, 0.2) is 0 Å². The van der Waals surface area contributed by atoms with Crippen molar-refractivity contribution in [3.05, 3.63) is 4.91 Å². The van der Waals surface area contributed by atoms with Gasteiger partial charge in [-0.25, -0.2) is 9.59 Å². The van der Waals surface area contributed by atoms with E-state index in [9.17, 15) is 14.5 Å². The molecule has 0 bridgehead atoms. The third-order valence-corrected chi connectivity index (χ3v) is 1.15. The van der Waals surface area contributed by atoms with Crippen LogP contribution in [0.3, 0.4) is 0 Å². The SMILES string of the molecule is O=NC(=O)NC1CNC(=O)N1. The molecule has 0 spiro atoms. The van der Waals surface area contributed by atoms with Gasteiger partial charge < -0.3 is 16.0 Å². The number of rotatable bonds is 1. The van der Waals surface area contributed by atoms with E-state index in [-0.39, 0.29) is 12.6 Å². The van der Waals surface area contributed by atoms with Gasteiger partial charge in [-0.2, -0.15) is 0 Å². The highest BCUT2D eigenvalue weighted by atomic mass is 16.3. The molecule has 3 N–H and O–H groups in total. The summed E-state index contributed by atoms with van der Waals surface area (Å²) in [5, 5.41) is 8.97. The van der Waals surface area contributed by atoms with Crippen LogP contribution in [0.25, 0.3) is 0 Å². The second-order valence-electron chi connectivity index (χ2n) is 1.95. The van der Waals surface area contributed by atoms with Gasteiger partial charge in [0.05, 0.1) is 6.54 Å². The number of hydrogen-bond acceptors (Lipinski definition) is 3. The molecule has 0 aromatic carbocycles. The zero-order valence-electron chi connectivity index (χ0n) is 5.46. The fourth-order valence-electron chi connectivity index (χ4n) is 0.718. The molecule has 1 heterocycles. The second kappa shape index (κ2) is 2.95. The zero-order chi connectivity index (χ0) is 8.27. The third-order valence-electron chi connectivity index (χ3n) is 1.15. The Morgan fingerprint density at radius 2 is 2.45 bits per heavy atom. The van der Waals surface area contributed by atoms with E-state index < -0.39 is 12.2 Å². The summed E-state index contributed by atoms with van der Waals surface area (Å²) in [6.07, 6.45) is -0.535. The van der Waals surface area contributed by atoms with Gasteiger partial charge >= 0.3 is 12.1 Å². The lowest BCUT2D eigenvalue weighted by molar-refractivity contribution is 0.242. The van der Waals surface area contributed by atoms with Crippen LogP contribution in [0.1, 0.15) is 0 Å². The van der Waals surface area contributed by atoms with Crippen LogP contribution in [0.5, 0.6) is 0 Å². The van der Waals surface area contributed by atoms with Gasteiger partial charge in [0, 0.05) is 5.18 Å². The van der Waals surface area contributed by atoms with Crippen molar-refractivity contribution in [2.75, 3.05) is 6.54 Å². The maximum absolute atomic E-state index is 10.4. The van der Waals surface area contributed by atoms with Crippen LogP contribution in [0.15, 0.2) is 5.18 Å². The fourth-order valence-corrected chi connectivity index (χ4v) is 0.718. The van der Waals surface area contributed by atoms with Gasteiger partial charge in [-0.3, -0.25) is 0 Å². The predicted molar refractivity (Wildman–Crippen MR) is 34.6 cm³/mol. The molecule has 1 unspecified atom stereocenters. The van der Waals surface area contributed by atoms with Crippen LogP contribution in [-0.2, 0) is 0 Å². The highest BCUT2D eigenvalue weighted by Gasteiger charge is 2.21. The molecule has 1 saturated heterocycles. The number of urea groups is 2. The summed E-state index contributed by atoms with van der Waals surface area (Å²) in [6.45, 7) is 0.264. The number of hydrogen-bond donors (Lipinski definition) is 3. The Labute approximate surface area is 61.5 Å². The molecule has 1 atom stereocenters. The topological polar surface area (TPSA) is 99.7 Å². The minimum absolute atomic E-state index is 0.264. The van der Waals surface area contributed by atoms with Crippen molar-refractivity contribution >= 4 is 12.1 Å². The van der Waals surface area contributed by atoms with Crippen molar-refractivity contribution < 1.29 is 9.59 Å². The fraction of sp³-hybridized carbons (Fsp3) is 0.500. The maximum atomic E-state index is 10.4. The summed E-state index contributed by atoms with van der Waals surface area (Å²) >= 11 is 0. The largest absolute Gasteiger partial charge is 0.380 e. The zero-order valence-corrected chi connectivity index (χ0v) is 5.46. The van der Waals surface area contributed by atoms with Crippen LogP contribution < -0.4 is 16.0 Å². The van der Waals surface area contributed by atoms with Gasteiger partial charge in [-0.1, -0.05) is 0 Å². The van der Waals surface area contributed by atoms with Crippen LogP contribution >= 0.6 is 0 Å². The molecule has 1 aliphatic rings. The van der Waals surface area contributed by atoms with Crippen LogP contribution in [0.2, 0.25) is 0 Å². The number of carbonyl (C=O) groups is 2. The summed E-state index contributed by atoms with van der Waals surface area (Å²) in [4.78, 5) is 30.3. The third kappa shape index (κ3) is 1.88. The lowest BCUT2D eigenvalue weighted by Gasteiger charge is -2.05. The van der Waals surface area contributed by atoms with E-state index >= 15 is 0 Å². The van der Waals surface area contributed by atoms with Gasteiger partial charge in [0.1, 0.15) is 6.17 Å². The van der Waals surface area contributed by atoms with Crippen molar-refractivity contribution in [2.24, 2.45) is 5.18 Å². The average molecular weight is 158 g/mol. The maximum Gasteiger partial charge on any atom is 0.380 e. The molecule has 0 aromatic heterocycles. The van der Waals surface area contributed by atoms with Crippen LogP contribution in [0, 0.1) is 4.91 Å². The summed E-state index contributed by atoms with van der Waals surface area (Å²) < 4.78 is 0. The van der Waals surface area contributed by atoms with Crippen molar-refractivity contribution in [1.29, 1.82) is 0 Å². The van der Waals surface area contributed by atoms with E-state index in [0.29, 0.717) is 0 Å². The first-order valence-electron chi connectivity index (χ1n) is 2.90. The minimum Gasteiger partial charge on any atom is -0.334 e. The summed E-state index contributed by atoms with van der Waals surface area (Å²) in [6, 6.07) is -1.36. The average Bonchev–Trinajstić information content (AvgIpc) is 2.35. The predicted octanol–water partition coefficient (Wildman–Crippen LogP) is -0.899. The molecular formula is C4H6N4O3. The van der Waals surface area contributed by atoms with E-state index in [4.69, 9.17) is 0 Å². The molecule has 0 saturated carbocycles. The van der Waals surface area contributed by atoms with Gasteiger partial charge in [0.25, 0.3) is 0 Å². The molecule has 1 rings (SSSR count). The number of carbonyl (C=O) groups excluding carboxylic acids is 2. The molecule has 60 valence electrons. The van der Waals surface area contributed by atoms with Gasteiger partial charge in [-0.05, 0) is 0 Å². The molecular weight excluding hydrogens is 152 g/mol. The molecule has 0 aliphatic carbocycles. The van der Waals surface area contributed by atoms with Crippen molar-refractivity contribution in [3.8, 4) is 0 Å². The lowest BCUT2D eigenvalue weighted by Crippen LogP contribution is -2.42. The summed E-state index contributed by atoms with van der Waals surface area (Å²) in [7, 11) is 0. The highest BCUT2D eigenvalue weighted by Crippen LogP contribution is 1.86. The van der Waals surface area contributed by atoms with Gasteiger partial charge in [-0.15, -0.1) is 4.91 Å².